The molecule has 0 heterocycles. The van der Waals surface area contributed by atoms with Crippen molar-refractivity contribution in [1.29, 1.82) is 0 Å². The molecule has 4 aliphatic rings. The van der Waals surface area contributed by atoms with Gasteiger partial charge in [0.05, 0.1) is 0 Å². The summed E-state index contributed by atoms with van der Waals surface area (Å²) in [4.78, 5) is 23.8. The van der Waals surface area contributed by atoms with Gasteiger partial charge >= 0.3 is 5.97 Å². The van der Waals surface area contributed by atoms with E-state index in [-0.39, 0.29) is 17.5 Å². The van der Waals surface area contributed by atoms with Crippen LogP contribution in [0.3, 0.4) is 0 Å². The Morgan fingerprint density at radius 3 is 2.52 bits per heavy atom. The van der Waals surface area contributed by atoms with Gasteiger partial charge in [0, 0.05) is 24.8 Å². The normalized spacial score (nSPS) is 40.9. The Morgan fingerprint density at radius 2 is 1.85 bits per heavy atom. The van der Waals surface area contributed by atoms with Crippen molar-refractivity contribution in [3.63, 3.8) is 0 Å². The monoisotopic (exact) mass is 454 g/mol. The van der Waals surface area contributed by atoms with E-state index < -0.39 is 0 Å². The number of carbonyl (C=O) groups is 1. The molecule has 0 aromatic heterocycles. The Kier molecular flexibility index (Phi) is 7.03. The Labute approximate surface area is 201 Å². The highest BCUT2D eigenvalue weighted by Gasteiger charge is 2.60. The maximum Gasteiger partial charge on any atom is 0.302 e. The van der Waals surface area contributed by atoms with Gasteiger partial charge in [-0.1, -0.05) is 59.5 Å². The lowest BCUT2D eigenvalue weighted by molar-refractivity contribution is -0.148. The summed E-state index contributed by atoms with van der Waals surface area (Å²) in [6.07, 6.45) is 14.0. The van der Waals surface area contributed by atoms with Gasteiger partial charge in [0.2, 0.25) is 0 Å². The minimum atomic E-state index is -0.197. The van der Waals surface area contributed by atoms with Crippen LogP contribution >= 0.6 is 0 Å². The predicted octanol–water partition coefficient (Wildman–Crippen LogP) is 7.33. The van der Waals surface area contributed by atoms with Crippen LogP contribution in [0, 0.1) is 46.3 Å². The molecule has 0 spiro atoms. The standard InChI is InChI=1S/C30H46O3/c1-19(2)8-7-9-20(3)25-10-11-26-28-22(18-31)16-23-17-24(33-21(4)32)12-14-29(23,5)27(28)13-15-30(25,26)6/h16,19-20,24-28H,7-15,17H2,1-6H3/t20-,24+,25-,26+,27+,28+,29+,30-/m1/s1. The molecule has 3 nitrogen and oxygen atoms in total. The molecular weight excluding hydrogens is 408 g/mol. The first kappa shape index (κ1) is 24.8. The molecule has 0 aliphatic heterocycles. The van der Waals surface area contributed by atoms with Crippen molar-refractivity contribution in [2.45, 2.75) is 112 Å². The number of fused-ring (bicyclic) bond motifs is 5. The van der Waals surface area contributed by atoms with E-state index in [0.29, 0.717) is 23.2 Å². The molecule has 0 radical (unpaired) electrons. The molecule has 33 heavy (non-hydrogen) atoms. The summed E-state index contributed by atoms with van der Waals surface area (Å²) in [6.45, 7) is 13.7. The number of ether oxygens (including phenoxy) is 1. The average molecular weight is 455 g/mol. The summed E-state index contributed by atoms with van der Waals surface area (Å²) < 4.78 is 5.58. The van der Waals surface area contributed by atoms with Crippen molar-refractivity contribution >= 4 is 11.9 Å². The van der Waals surface area contributed by atoms with Crippen LogP contribution in [0.25, 0.3) is 0 Å². The molecule has 0 aromatic carbocycles. The highest BCUT2D eigenvalue weighted by atomic mass is 16.5. The minimum absolute atomic E-state index is 0.0392. The number of carbonyl (C=O) groups excluding carboxylic acids is 2. The van der Waals surface area contributed by atoms with Crippen molar-refractivity contribution in [3.8, 4) is 0 Å². The molecule has 0 saturated heterocycles. The molecule has 4 aliphatic carbocycles. The highest BCUT2D eigenvalue weighted by Crippen LogP contribution is 2.68. The quantitative estimate of drug-likeness (QED) is 0.312. The average Bonchev–Trinajstić information content (AvgIpc) is 3.10. The summed E-state index contributed by atoms with van der Waals surface area (Å²) >= 11 is 0. The third-order valence-electron chi connectivity index (χ3n) is 10.6. The number of rotatable bonds is 6. The Bertz CT molecular complexity index is 833. The van der Waals surface area contributed by atoms with Crippen molar-refractivity contribution in [1.82, 2.24) is 0 Å². The first-order valence-corrected chi connectivity index (χ1v) is 13.7. The summed E-state index contributed by atoms with van der Waals surface area (Å²) in [7, 11) is 0. The lowest BCUT2D eigenvalue weighted by Crippen LogP contribution is -2.51. The van der Waals surface area contributed by atoms with E-state index >= 15 is 0 Å². The van der Waals surface area contributed by atoms with Gasteiger partial charge in [-0.15, -0.1) is 0 Å². The zero-order valence-electron chi connectivity index (χ0n) is 21.9. The Balaban J connectivity index is 1.57. The van der Waals surface area contributed by atoms with E-state index in [1.807, 2.05) is 0 Å². The smallest absolute Gasteiger partial charge is 0.302 e. The summed E-state index contributed by atoms with van der Waals surface area (Å²) in [5.74, 6) is 6.04. The van der Waals surface area contributed by atoms with Crippen LogP contribution in [0.15, 0.2) is 17.2 Å². The lowest BCUT2D eigenvalue weighted by Gasteiger charge is -2.58. The molecule has 0 unspecified atom stereocenters. The van der Waals surface area contributed by atoms with Crippen LogP contribution in [0.2, 0.25) is 0 Å². The maximum absolute atomic E-state index is 12.3. The molecule has 0 aromatic rings. The second kappa shape index (κ2) is 9.37. The van der Waals surface area contributed by atoms with Gasteiger partial charge in [0.15, 0.2) is 0 Å². The summed E-state index contributed by atoms with van der Waals surface area (Å²) in [6, 6.07) is 0. The maximum atomic E-state index is 12.3. The van der Waals surface area contributed by atoms with Crippen LogP contribution in [-0.4, -0.2) is 18.0 Å². The molecule has 184 valence electrons. The predicted molar refractivity (Wildman–Crippen MR) is 133 cm³/mol. The van der Waals surface area contributed by atoms with E-state index in [4.69, 9.17) is 4.74 Å². The molecule has 3 heteroatoms. The topological polar surface area (TPSA) is 43.4 Å². The zero-order valence-corrected chi connectivity index (χ0v) is 21.9. The number of hydrogen-bond donors (Lipinski definition) is 0. The second-order valence-corrected chi connectivity index (χ2v) is 12.9. The van der Waals surface area contributed by atoms with Crippen LogP contribution in [0.1, 0.15) is 106 Å². The molecule has 0 bridgehead atoms. The molecule has 3 fully saturated rings. The molecule has 4 rings (SSSR count). The van der Waals surface area contributed by atoms with Gasteiger partial charge in [-0.25, -0.2) is 4.79 Å². The van der Waals surface area contributed by atoms with Crippen LogP contribution < -0.4 is 0 Å². The first-order valence-electron chi connectivity index (χ1n) is 13.7. The zero-order chi connectivity index (χ0) is 24.0. The van der Waals surface area contributed by atoms with E-state index in [9.17, 15) is 9.59 Å². The molecule has 0 N–H and O–H groups in total. The third-order valence-corrected chi connectivity index (χ3v) is 10.6. The van der Waals surface area contributed by atoms with Crippen LogP contribution in [0.4, 0.5) is 0 Å². The fraction of sp³-hybridized carbons (Fsp3) is 0.833. The SMILES string of the molecule is CC(=O)O[C@H]1CC[C@@]2(C)C(=CC(=C=O)[C@H]3[C@@H]4CC[C@H]([C@H](C)CCCC(C)C)[C@@]4(C)CC[C@@H]32)C1. The number of allylic oxidation sites excluding steroid dienone is 2. The second-order valence-electron chi connectivity index (χ2n) is 12.9. The van der Waals surface area contributed by atoms with Gasteiger partial charge in [-0.3, -0.25) is 4.79 Å². The third kappa shape index (κ3) is 4.40. The Hall–Kier alpha value is -1.34. The number of hydrogen-bond acceptors (Lipinski definition) is 3. The summed E-state index contributed by atoms with van der Waals surface area (Å²) in [5.41, 5.74) is 2.72. The van der Waals surface area contributed by atoms with Crippen LogP contribution in [-0.2, 0) is 14.3 Å². The first-order chi connectivity index (χ1) is 15.6. The van der Waals surface area contributed by atoms with Crippen LogP contribution in [0.5, 0.6) is 0 Å². The summed E-state index contributed by atoms with van der Waals surface area (Å²) in [5, 5.41) is 0. The van der Waals surface area contributed by atoms with Crippen molar-refractivity contribution < 1.29 is 14.3 Å². The fourth-order valence-electron chi connectivity index (χ4n) is 8.88. The largest absolute Gasteiger partial charge is 0.462 e. The number of esters is 1. The van der Waals surface area contributed by atoms with Gasteiger partial charge in [-0.05, 0) is 85.0 Å². The van der Waals surface area contributed by atoms with E-state index in [0.717, 1.165) is 42.6 Å². The minimum Gasteiger partial charge on any atom is -0.462 e. The van der Waals surface area contributed by atoms with E-state index in [1.165, 1.54) is 57.4 Å². The van der Waals surface area contributed by atoms with Gasteiger partial charge in [0.25, 0.3) is 0 Å². The fourth-order valence-corrected chi connectivity index (χ4v) is 8.88. The molecule has 8 atom stereocenters. The van der Waals surface area contributed by atoms with E-state index in [2.05, 4.69) is 46.6 Å². The van der Waals surface area contributed by atoms with Crippen molar-refractivity contribution in [2.75, 3.05) is 0 Å². The van der Waals surface area contributed by atoms with Crippen molar-refractivity contribution in [2.24, 2.45) is 46.3 Å². The van der Waals surface area contributed by atoms with E-state index in [1.54, 1.807) is 0 Å². The molecule has 3 saturated carbocycles. The van der Waals surface area contributed by atoms with Crippen molar-refractivity contribution in [3.05, 3.63) is 17.2 Å². The van der Waals surface area contributed by atoms with Gasteiger partial charge in [0.1, 0.15) is 12.0 Å². The highest BCUT2D eigenvalue weighted by molar-refractivity contribution is 5.66. The Morgan fingerprint density at radius 1 is 1.09 bits per heavy atom. The molecular formula is C30H46O3. The molecule has 0 amide bonds. The van der Waals surface area contributed by atoms with Gasteiger partial charge < -0.3 is 4.74 Å². The lowest BCUT2D eigenvalue weighted by atomic mass is 9.46. The van der Waals surface area contributed by atoms with Gasteiger partial charge in [-0.2, -0.15) is 0 Å².